The van der Waals surface area contributed by atoms with E-state index in [9.17, 15) is 4.79 Å². The Morgan fingerprint density at radius 3 is 2.89 bits per heavy atom. The summed E-state index contributed by atoms with van der Waals surface area (Å²) >= 11 is 3.39. The van der Waals surface area contributed by atoms with E-state index in [-0.39, 0.29) is 5.91 Å². The van der Waals surface area contributed by atoms with Crippen LogP contribution in [0.2, 0.25) is 0 Å². The van der Waals surface area contributed by atoms with Gasteiger partial charge in [-0.05, 0) is 40.9 Å². The van der Waals surface area contributed by atoms with Crippen molar-refractivity contribution in [2.75, 3.05) is 26.0 Å². The van der Waals surface area contributed by atoms with Gasteiger partial charge in [-0.2, -0.15) is 0 Å². The molecule has 0 aromatic heterocycles. The molecule has 18 heavy (non-hydrogen) atoms. The van der Waals surface area contributed by atoms with Crippen molar-refractivity contribution >= 4 is 27.5 Å². The fourth-order valence-electron chi connectivity index (χ4n) is 1.74. The summed E-state index contributed by atoms with van der Waals surface area (Å²) in [5.74, 6) is 0.877. The zero-order chi connectivity index (χ0) is 13.1. The van der Waals surface area contributed by atoms with E-state index < -0.39 is 0 Å². The van der Waals surface area contributed by atoms with Gasteiger partial charge in [-0.15, -0.1) is 0 Å². The van der Waals surface area contributed by atoms with Gasteiger partial charge in [0.2, 0.25) is 5.91 Å². The maximum Gasteiger partial charge on any atom is 0.241 e. The second kappa shape index (κ2) is 5.61. The van der Waals surface area contributed by atoms with Gasteiger partial charge in [-0.25, -0.2) is 0 Å². The molecule has 5 heteroatoms. The van der Waals surface area contributed by atoms with Crippen molar-refractivity contribution in [3.63, 3.8) is 0 Å². The maximum atomic E-state index is 11.8. The molecule has 0 spiro atoms. The Morgan fingerprint density at radius 2 is 2.28 bits per heavy atom. The zero-order valence-corrected chi connectivity index (χ0v) is 12.2. The molecule has 4 nitrogen and oxygen atoms in total. The number of nitrogens with one attached hydrogen (secondary N) is 1. The summed E-state index contributed by atoms with van der Waals surface area (Å²) in [5, 5.41) is 3.12. The van der Waals surface area contributed by atoms with E-state index >= 15 is 0 Å². The molecule has 1 fully saturated rings. The number of methoxy groups -OCH3 is 1. The summed E-state index contributed by atoms with van der Waals surface area (Å²) in [7, 11) is 3.49. The number of rotatable bonds is 5. The third-order valence-corrected chi connectivity index (χ3v) is 3.74. The zero-order valence-electron chi connectivity index (χ0n) is 10.6. The first-order chi connectivity index (χ1) is 8.61. The van der Waals surface area contributed by atoms with E-state index in [1.165, 1.54) is 0 Å². The van der Waals surface area contributed by atoms with Crippen LogP contribution >= 0.6 is 15.9 Å². The smallest absolute Gasteiger partial charge is 0.241 e. The Hall–Kier alpha value is -1.23. The fraction of sp³-hybridized carbons (Fsp3) is 0.462. The van der Waals surface area contributed by atoms with Crippen LogP contribution in [0.15, 0.2) is 22.7 Å². The predicted molar refractivity (Wildman–Crippen MR) is 75.0 cm³/mol. The van der Waals surface area contributed by atoms with Crippen molar-refractivity contribution in [2.24, 2.45) is 0 Å². The van der Waals surface area contributed by atoms with Crippen LogP contribution in [0.5, 0.6) is 5.75 Å². The largest absolute Gasteiger partial charge is 0.495 e. The van der Waals surface area contributed by atoms with E-state index in [1.807, 2.05) is 30.1 Å². The van der Waals surface area contributed by atoms with Crippen LogP contribution in [-0.2, 0) is 4.79 Å². The molecule has 0 heterocycles. The van der Waals surface area contributed by atoms with Gasteiger partial charge in [-0.3, -0.25) is 4.79 Å². The van der Waals surface area contributed by atoms with Gasteiger partial charge in [0.15, 0.2) is 0 Å². The average molecular weight is 313 g/mol. The number of hydrogen-bond donors (Lipinski definition) is 1. The van der Waals surface area contributed by atoms with Crippen LogP contribution in [0.25, 0.3) is 0 Å². The van der Waals surface area contributed by atoms with E-state index in [2.05, 4.69) is 21.2 Å². The molecular weight excluding hydrogens is 296 g/mol. The number of benzene rings is 1. The minimum atomic E-state index is 0.124. The van der Waals surface area contributed by atoms with Gasteiger partial charge in [-0.1, -0.05) is 0 Å². The highest BCUT2D eigenvalue weighted by Crippen LogP contribution is 2.28. The number of amides is 1. The summed E-state index contributed by atoms with van der Waals surface area (Å²) in [6.45, 7) is 0.317. The molecule has 1 amide bonds. The first-order valence-electron chi connectivity index (χ1n) is 5.95. The Kier molecular flexibility index (Phi) is 4.11. The van der Waals surface area contributed by atoms with Crippen LogP contribution in [0.1, 0.15) is 12.8 Å². The van der Waals surface area contributed by atoms with Gasteiger partial charge in [0.1, 0.15) is 5.75 Å². The molecule has 0 aliphatic heterocycles. The summed E-state index contributed by atoms with van der Waals surface area (Å²) in [6, 6.07) is 6.14. The summed E-state index contributed by atoms with van der Waals surface area (Å²) < 4.78 is 6.11. The molecule has 1 saturated carbocycles. The van der Waals surface area contributed by atoms with Crippen molar-refractivity contribution in [1.29, 1.82) is 0 Å². The minimum Gasteiger partial charge on any atom is -0.495 e. The lowest BCUT2D eigenvalue weighted by Gasteiger charge is -2.17. The molecule has 1 N–H and O–H groups in total. The third kappa shape index (κ3) is 3.16. The Bertz CT molecular complexity index is 447. The van der Waals surface area contributed by atoms with E-state index in [1.54, 1.807) is 7.11 Å². The van der Waals surface area contributed by atoms with Gasteiger partial charge in [0.25, 0.3) is 0 Å². The topological polar surface area (TPSA) is 41.6 Å². The summed E-state index contributed by atoms with van der Waals surface area (Å²) in [5.41, 5.74) is 0.882. The van der Waals surface area contributed by atoms with Crippen LogP contribution in [0.3, 0.4) is 0 Å². The lowest BCUT2D eigenvalue weighted by atomic mass is 10.3. The van der Waals surface area contributed by atoms with E-state index in [0.717, 1.165) is 28.8 Å². The number of nitrogens with zero attached hydrogens (tertiary/aromatic N) is 1. The third-order valence-electron chi connectivity index (χ3n) is 3.08. The molecule has 2 rings (SSSR count). The molecule has 0 radical (unpaired) electrons. The van der Waals surface area contributed by atoms with Gasteiger partial charge in [0, 0.05) is 24.8 Å². The van der Waals surface area contributed by atoms with E-state index in [0.29, 0.717) is 12.6 Å². The lowest BCUT2D eigenvalue weighted by molar-refractivity contribution is -0.128. The molecule has 1 aromatic rings. The Labute approximate surface area is 115 Å². The van der Waals surface area contributed by atoms with Crippen LogP contribution in [0, 0.1) is 0 Å². The Balaban J connectivity index is 1.91. The highest BCUT2D eigenvalue weighted by molar-refractivity contribution is 9.10. The molecule has 1 aromatic carbocycles. The standard InChI is InChI=1S/C13H17BrN2O2/c1-16(10-4-5-10)13(17)8-15-9-3-6-11(14)12(7-9)18-2/h3,6-7,10,15H,4-5,8H2,1-2H3. The molecule has 0 unspecified atom stereocenters. The highest BCUT2D eigenvalue weighted by Gasteiger charge is 2.29. The maximum absolute atomic E-state index is 11.8. The average Bonchev–Trinajstić information content (AvgIpc) is 3.20. The second-order valence-corrected chi connectivity index (χ2v) is 5.29. The fourth-order valence-corrected chi connectivity index (χ4v) is 2.15. The van der Waals surface area contributed by atoms with Crippen LogP contribution < -0.4 is 10.1 Å². The number of carbonyl (C=O) groups is 1. The van der Waals surface area contributed by atoms with Crippen molar-refractivity contribution in [3.8, 4) is 5.75 Å². The van der Waals surface area contributed by atoms with Crippen molar-refractivity contribution in [1.82, 2.24) is 4.90 Å². The van der Waals surface area contributed by atoms with Crippen LogP contribution in [0.4, 0.5) is 5.69 Å². The van der Waals surface area contributed by atoms with Crippen molar-refractivity contribution in [3.05, 3.63) is 22.7 Å². The summed E-state index contributed by atoms with van der Waals surface area (Å²) in [4.78, 5) is 13.7. The number of likely N-dealkylation sites (N-methyl/N-ethyl adjacent to an activating group) is 1. The number of hydrogen-bond acceptors (Lipinski definition) is 3. The molecular formula is C13H17BrN2O2. The predicted octanol–water partition coefficient (Wildman–Crippen LogP) is 2.49. The van der Waals surface area contributed by atoms with Gasteiger partial charge in [0.05, 0.1) is 18.1 Å². The SMILES string of the molecule is COc1cc(NCC(=O)N(C)C2CC2)ccc1Br. The quantitative estimate of drug-likeness (QED) is 0.908. The monoisotopic (exact) mass is 312 g/mol. The van der Waals surface area contributed by atoms with Gasteiger partial charge >= 0.3 is 0 Å². The summed E-state index contributed by atoms with van der Waals surface area (Å²) in [6.07, 6.45) is 2.27. The first-order valence-corrected chi connectivity index (χ1v) is 6.74. The normalized spacial score (nSPS) is 14.2. The molecule has 0 saturated heterocycles. The molecule has 98 valence electrons. The molecule has 1 aliphatic rings. The molecule has 0 atom stereocenters. The van der Waals surface area contributed by atoms with Crippen molar-refractivity contribution in [2.45, 2.75) is 18.9 Å². The number of anilines is 1. The first kappa shape index (κ1) is 13.2. The number of ether oxygens (including phenoxy) is 1. The minimum absolute atomic E-state index is 0.124. The molecule has 1 aliphatic carbocycles. The van der Waals surface area contributed by atoms with Crippen molar-refractivity contribution < 1.29 is 9.53 Å². The van der Waals surface area contributed by atoms with Crippen LogP contribution in [-0.4, -0.2) is 37.6 Å². The van der Waals surface area contributed by atoms with Gasteiger partial charge < -0.3 is 15.0 Å². The Morgan fingerprint density at radius 1 is 1.56 bits per heavy atom. The number of carbonyl (C=O) groups excluding carboxylic acids is 1. The second-order valence-electron chi connectivity index (χ2n) is 4.44. The highest BCUT2D eigenvalue weighted by atomic mass is 79.9. The lowest BCUT2D eigenvalue weighted by Crippen LogP contribution is -2.33. The molecule has 0 bridgehead atoms. The number of halogens is 1. The van der Waals surface area contributed by atoms with E-state index in [4.69, 9.17) is 4.74 Å².